The molecule has 3 nitrogen and oxygen atoms in total. The number of aromatic nitrogens is 2. The van der Waals surface area contributed by atoms with E-state index in [0.29, 0.717) is 0 Å². The molecular weight excluding hydrogens is 258 g/mol. The van der Waals surface area contributed by atoms with E-state index >= 15 is 0 Å². The molecule has 0 bridgehead atoms. The first-order valence-corrected chi connectivity index (χ1v) is 7.97. The summed E-state index contributed by atoms with van der Waals surface area (Å²) < 4.78 is 1.85. The fourth-order valence-corrected chi connectivity index (χ4v) is 3.72. The van der Waals surface area contributed by atoms with Crippen molar-refractivity contribution in [2.45, 2.75) is 51.4 Å². The fourth-order valence-electron chi connectivity index (χ4n) is 3.72. The average molecular weight is 283 g/mol. The second-order valence-corrected chi connectivity index (χ2v) is 6.44. The van der Waals surface area contributed by atoms with Crippen molar-refractivity contribution in [2.24, 2.45) is 7.05 Å². The lowest BCUT2D eigenvalue weighted by Crippen LogP contribution is -2.22. The van der Waals surface area contributed by atoms with Crippen LogP contribution in [0, 0.1) is 6.92 Å². The highest BCUT2D eigenvalue weighted by Gasteiger charge is 2.39. The molecule has 2 aromatic rings. The summed E-state index contributed by atoms with van der Waals surface area (Å²) in [6.07, 6.45) is 6.22. The standard InChI is InChI=1S/C18H25N3/c1-4-18(11-5-6-12-18)16-15(17(19)21(3)20-16)14-9-7-13(2)8-10-14/h7-10H,4-6,11-12,19H2,1-3H3. The summed E-state index contributed by atoms with van der Waals surface area (Å²) in [7, 11) is 1.95. The number of hydrogen-bond acceptors (Lipinski definition) is 2. The largest absolute Gasteiger partial charge is 0.383 e. The van der Waals surface area contributed by atoms with Crippen molar-refractivity contribution in [2.75, 3.05) is 5.73 Å². The molecule has 0 unspecified atom stereocenters. The van der Waals surface area contributed by atoms with E-state index in [0.717, 1.165) is 17.8 Å². The van der Waals surface area contributed by atoms with Crippen LogP contribution >= 0.6 is 0 Å². The summed E-state index contributed by atoms with van der Waals surface area (Å²) in [5, 5.41) is 4.83. The highest BCUT2D eigenvalue weighted by atomic mass is 15.3. The Kier molecular flexibility index (Phi) is 3.52. The monoisotopic (exact) mass is 283 g/mol. The van der Waals surface area contributed by atoms with Gasteiger partial charge >= 0.3 is 0 Å². The van der Waals surface area contributed by atoms with Gasteiger partial charge in [0.05, 0.1) is 5.69 Å². The molecule has 1 aliphatic rings. The van der Waals surface area contributed by atoms with Crippen LogP contribution in [0.3, 0.4) is 0 Å². The van der Waals surface area contributed by atoms with Crippen molar-refractivity contribution in [1.29, 1.82) is 0 Å². The van der Waals surface area contributed by atoms with Gasteiger partial charge in [0.15, 0.2) is 0 Å². The lowest BCUT2D eigenvalue weighted by molar-refractivity contribution is 0.408. The quantitative estimate of drug-likeness (QED) is 0.917. The van der Waals surface area contributed by atoms with Gasteiger partial charge in [0, 0.05) is 18.0 Å². The van der Waals surface area contributed by atoms with E-state index in [-0.39, 0.29) is 5.41 Å². The third-order valence-electron chi connectivity index (χ3n) is 5.17. The van der Waals surface area contributed by atoms with Gasteiger partial charge in [-0.2, -0.15) is 5.10 Å². The van der Waals surface area contributed by atoms with Crippen molar-refractivity contribution in [1.82, 2.24) is 9.78 Å². The molecule has 0 spiro atoms. The lowest BCUT2D eigenvalue weighted by atomic mass is 9.77. The Balaban J connectivity index is 2.18. The van der Waals surface area contributed by atoms with E-state index in [1.54, 1.807) is 0 Å². The Bertz CT molecular complexity index is 631. The van der Waals surface area contributed by atoms with Crippen LogP contribution in [0.15, 0.2) is 24.3 Å². The maximum Gasteiger partial charge on any atom is 0.129 e. The van der Waals surface area contributed by atoms with Crippen LogP contribution in [0.25, 0.3) is 11.1 Å². The maximum absolute atomic E-state index is 6.36. The van der Waals surface area contributed by atoms with E-state index < -0.39 is 0 Å². The van der Waals surface area contributed by atoms with Crippen LogP contribution in [0.4, 0.5) is 5.82 Å². The minimum Gasteiger partial charge on any atom is -0.383 e. The Morgan fingerprint density at radius 1 is 1.19 bits per heavy atom. The van der Waals surface area contributed by atoms with Gasteiger partial charge < -0.3 is 5.73 Å². The summed E-state index contributed by atoms with van der Waals surface area (Å²) >= 11 is 0. The second-order valence-electron chi connectivity index (χ2n) is 6.44. The average Bonchev–Trinajstić information content (AvgIpc) is 3.07. The Labute approximate surface area is 127 Å². The molecular formula is C18H25N3. The number of rotatable bonds is 3. The van der Waals surface area contributed by atoms with E-state index in [1.807, 2.05) is 11.7 Å². The summed E-state index contributed by atoms with van der Waals surface area (Å²) in [5.41, 5.74) is 11.4. The van der Waals surface area contributed by atoms with Crippen molar-refractivity contribution in [3.8, 4) is 11.1 Å². The Hall–Kier alpha value is -1.77. The van der Waals surface area contributed by atoms with Crippen molar-refractivity contribution in [3.63, 3.8) is 0 Å². The first-order valence-electron chi connectivity index (χ1n) is 7.97. The summed E-state index contributed by atoms with van der Waals surface area (Å²) in [6.45, 7) is 4.40. The van der Waals surface area contributed by atoms with Gasteiger partial charge in [-0.25, -0.2) is 0 Å². The zero-order valence-corrected chi connectivity index (χ0v) is 13.3. The minimum absolute atomic E-state index is 0.218. The van der Waals surface area contributed by atoms with Gasteiger partial charge in [-0.15, -0.1) is 0 Å². The molecule has 3 rings (SSSR count). The SMILES string of the molecule is CCC1(c2nn(C)c(N)c2-c2ccc(C)cc2)CCCC1. The molecule has 112 valence electrons. The van der Waals surface area contributed by atoms with Crippen molar-refractivity contribution >= 4 is 5.82 Å². The number of aryl methyl sites for hydroxylation is 2. The molecule has 0 saturated heterocycles. The van der Waals surface area contributed by atoms with Gasteiger partial charge in [-0.05, 0) is 31.7 Å². The predicted octanol–water partition coefficient (Wildman–Crippen LogP) is 4.20. The molecule has 2 N–H and O–H groups in total. The van der Waals surface area contributed by atoms with Crippen molar-refractivity contribution in [3.05, 3.63) is 35.5 Å². The molecule has 0 radical (unpaired) electrons. The highest BCUT2D eigenvalue weighted by molar-refractivity contribution is 5.78. The summed E-state index contributed by atoms with van der Waals surface area (Å²) in [6, 6.07) is 8.65. The van der Waals surface area contributed by atoms with Crippen LogP contribution in [0.2, 0.25) is 0 Å². The first-order chi connectivity index (χ1) is 10.1. The number of anilines is 1. The van der Waals surface area contributed by atoms with Crippen LogP contribution < -0.4 is 5.73 Å². The molecule has 0 aliphatic heterocycles. The molecule has 3 heteroatoms. The number of nitrogens with zero attached hydrogens (tertiary/aromatic N) is 2. The number of hydrogen-bond donors (Lipinski definition) is 1. The fraction of sp³-hybridized carbons (Fsp3) is 0.500. The third-order valence-corrected chi connectivity index (χ3v) is 5.17. The van der Waals surface area contributed by atoms with Gasteiger partial charge in [0.1, 0.15) is 5.82 Å². The third kappa shape index (κ3) is 2.25. The zero-order chi connectivity index (χ0) is 15.0. The smallest absolute Gasteiger partial charge is 0.129 e. The molecule has 1 aromatic carbocycles. The van der Waals surface area contributed by atoms with Gasteiger partial charge in [0.25, 0.3) is 0 Å². The van der Waals surface area contributed by atoms with E-state index in [1.165, 1.54) is 42.5 Å². The lowest BCUT2D eigenvalue weighted by Gasteiger charge is -2.26. The van der Waals surface area contributed by atoms with E-state index in [9.17, 15) is 0 Å². The van der Waals surface area contributed by atoms with Gasteiger partial charge in [0.2, 0.25) is 0 Å². The molecule has 1 fully saturated rings. The van der Waals surface area contributed by atoms with Gasteiger partial charge in [-0.1, -0.05) is 49.6 Å². The maximum atomic E-state index is 6.36. The normalized spacial score (nSPS) is 17.3. The van der Waals surface area contributed by atoms with E-state index in [2.05, 4.69) is 38.1 Å². The summed E-state index contributed by atoms with van der Waals surface area (Å²) in [4.78, 5) is 0. The summed E-state index contributed by atoms with van der Waals surface area (Å²) in [5.74, 6) is 0.786. The number of nitrogens with two attached hydrogens (primary N) is 1. The van der Waals surface area contributed by atoms with Gasteiger partial charge in [-0.3, -0.25) is 4.68 Å². The molecule has 1 saturated carbocycles. The molecule has 1 aliphatic carbocycles. The minimum atomic E-state index is 0.218. The van der Waals surface area contributed by atoms with E-state index in [4.69, 9.17) is 10.8 Å². The molecule has 0 amide bonds. The zero-order valence-electron chi connectivity index (χ0n) is 13.3. The van der Waals surface area contributed by atoms with Crippen LogP contribution in [0.5, 0.6) is 0 Å². The highest BCUT2D eigenvalue weighted by Crippen LogP contribution is 2.47. The Morgan fingerprint density at radius 2 is 1.81 bits per heavy atom. The number of nitrogen functional groups attached to an aromatic ring is 1. The van der Waals surface area contributed by atoms with Crippen LogP contribution in [-0.4, -0.2) is 9.78 Å². The van der Waals surface area contributed by atoms with Crippen LogP contribution in [-0.2, 0) is 12.5 Å². The predicted molar refractivity (Wildman–Crippen MR) is 88.2 cm³/mol. The molecule has 1 heterocycles. The number of benzene rings is 1. The Morgan fingerprint density at radius 3 is 2.38 bits per heavy atom. The topological polar surface area (TPSA) is 43.8 Å². The van der Waals surface area contributed by atoms with Crippen LogP contribution in [0.1, 0.15) is 50.3 Å². The van der Waals surface area contributed by atoms with Crippen molar-refractivity contribution < 1.29 is 0 Å². The molecule has 21 heavy (non-hydrogen) atoms. The second kappa shape index (κ2) is 5.21. The molecule has 1 aromatic heterocycles. The first kappa shape index (κ1) is 14.2. The molecule has 0 atom stereocenters.